The first-order valence-electron chi connectivity index (χ1n) is 10.0. The summed E-state index contributed by atoms with van der Waals surface area (Å²) in [7, 11) is -7.08. The second-order valence-electron chi connectivity index (χ2n) is 7.76. The van der Waals surface area contributed by atoms with Gasteiger partial charge in [-0.25, -0.2) is 21.6 Å². The Bertz CT molecular complexity index is 2180. The van der Waals surface area contributed by atoms with Crippen LogP contribution in [0.1, 0.15) is 0 Å². The molecule has 4 aromatic carbocycles. The van der Waals surface area contributed by atoms with Gasteiger partial charge in [0.1, 0.15) is 4.90 Å². The van der Waals surface area contributed by atoms with Crippen molar-refractivity contribution in [3.63, 3.8) is 0 Å². The average Bonchev–Trinajstić information content (AvgIpc) is 2.80. The molecule has 40 heavy (non-hydrogen) atoms. The van der Waals surface area contributed by atoms with Gasteiger partial charge >= 0.3 is 0 Å². The summed E-state index contributed by atoms with van der Waals surface area (Å²) in [6.45, 7) is 0. The number of isocyanates is 1. The first-order chi connectivity index (χ1) is 18.2. The monoisotopic (exact) mass is 668 g/mol. The van der Waals surface area contributed by atoms with E-state index in [4.69, 9.17) is 36.2 Å². The number of fused-ring (bicyclic) bond motifs is 2. The number of nitrogens with zero attached hydrogens (tertiary/aromatic N) is 1. The number of hydrogen-bond acceptors (Lipinski definition) is 11. The number of aliphatic imine (C=N–C) groups is 1. The highest BCUT2D eigenvalue weighted by molar-refractivity contribution is 8.14. The second kappa shape index (κ2) is 11.0. The number of hydrogen-bond donors (Lipinski definition) is 3. The predicted molar refractivity (Wildman–Crippen MR) is 146 cm³/mol. The van der Waals surface area contributed by atoms with Crippen LogP contribution in [0.15, 0.2) is 85.2 Å². The Kier molecular flexibility index (Phi) is 8.67. The Morgan fingerprint density at radius 3 is 1.68 bits per heavy atom. The van der Waals surface area contributed by atoms with Gasteiger partial charge in [0.25, 0.3) is 38.3 Å². The smallest absolute Gasteiger partial charge is 0.295 e. The maximum absolute atomic E-state index is 11.6. The van der Waals surface area contributed by atoms with Gasteiger partial charge in [-0.1, -0.05) is 12.1 Å². The summed E-state index contributed by atoms with van der Waals surface area (Å²) < 4.78 is 109. The first kappa shape index (κ1) is 31.4. The number of rotatable bonds is 5. The third-order valence-electron chi connectivity index (χ3n) is 5.08. The van der Waals surface area contributed by atoms with E-state index in [-0.39, 0.29) is 32.9 Å². The van der Waals surface area contributed by atoms with Crippen LogP contribution < -0.4 is 5.73 Å². The lowest BCUT2D eigenvalue weighted by molar-refractivity contribution is 0.482. The van der Waals surface area contributed by atoms with Crippen molar-refractivity contribution in [1.29, 1.82) is 0 Å². The molecule has 0 heterocycles. The number of carbonyl (C=O) groups excluding carboxylic acids is 1. The molecule has 0 fully saturated rings. The van der Waals surface area contributed by atoms with E-state index in [2.05, 4.69) is 4.99 Å². The number of anilines is 1. The normalized spacial score (nSPS) is 12.4. The summed E-state index contributed by atoms with van der Waals surface area (Å²) in [5.41, 5.74) is 5.92. The molecule has 13 nitrogen and oxygen atoms in total. The lowest BCUT2D eigenvalue weighted by Gasteiger charge is -2.07. The average molecular weight is 670 g/mol. The van der Waals surface area contributed by atoms with E-state index in [0.717, 1.165) is 12.1 Å². The van der Waals surface area contributed by atoms with Crippen molar-refractivity contribution < 1.29 is 47.6 Å². The lowest BCUT2D eigenvalue weighted by Crippen LogP contribution is -2.04. The standard InChI is InChI=1S/C11H5Cl2NO5S2.C10H9NO6S2/c12-20(16,17)9-3-7-1-2-8(14-6-15)4-10(7)11(5-9)21(13,18)19;11-7-2-1-6-3-8(18(12,13)14)5-10(9(6)4-7)19(15,16)17/h1-5H;1-5H,11H2,(H,12,13,14)(H,15,16,17). The Hall–Kier alpha value is -3.12. The predicted octanol–water partition coefficient (Wildman–Crippen LogP) is 3.58. The molecule has 0 radical (unpaired) electrons. The van der Waals surface area contributed by atoms with Gasteiger partial charge in [-0.2, -0.15) is 21.8 Å². The zero-order valence-electron chi connectivity index (χ0n) is 19.3. The van der Waals surface area contributed by atoms with E-state index >= 15 is 0 Å². The van der Waals surface area contributed by atoms with Crippen molar-refractivity contribution in [1.82, 2.24) is 0 Å². The molecule has 0 aromatic heterocycles. The summed E-state index contributed by atoms with van der Waals surface area (Å²) in [6.07, 6.45) is 1.32. The molecule has 4 aromatic rings. The molecule has 0 spiro atoms. The highest BCUT2D eigenvalue weighted by Crippen LogP contribution is 2.33. The van der Waals surface area contributed by atoms with Crippen molar-refractivity contribution in [2.75, 3.05) is 5.73 Å². The molecule has 19 heteroatoms. The highest BCUT2D eigenvalue weighted by atomic mass is 35.7. The maximum atomic E-state index is 11.6. The molecule has 0 aliphatic carbocycles. The van der Waals surface area contributed by atoms with Crippen molar-refractivity contribution >= 4 is 98.7 Å². The molecule has 0 aliphatic rings. The van der Waals surface area contributed by atoms with Gasteiger partial charge < -0.3 is 5.73 Å². The first-order valence-corrected chi connectivity index (χ1v) is 17.5. The molecule has 4 rings (SSSR count). The Balaban J connectivity index is 0.000000222. The maximum Gasteiger partial charge on any atom is 0.295 e. The molecule has 0 atom stereocenters. The zero-order valence-corrected chi connectivity index (χ0v) is 24.0. The molecule has 0 unspecified atom stereocenters. The van der Waals surface area contributed by atoms with E-state index in [1.165, 1.54) is 48.5 Å². The summed E-state index contributed by atoms with van der Waals surface area (Å²) in [5, 5.41) is 0.651. The van der Waals surface area contributed by atoms with E-state index < -0.39 is 57.9 Å². The van der Waals surface area contributed by atoms with Crippen LogP contribution in [0.5, 0.6) is 0 Å². The Morgan fingerprint density at radius 1 is 0.650 bits per heavy atom. The van der Waals surface area contributed by atoms with Crippen LogP contribution in [0.2, 0.25) is 0 Å². The number of nitrogens with two attached hydrogens (primary N) is 1. The van der Waals surface area contributed by atoms with Crippen molar-refractivity contribution in [3.05, 3.63) is 60.7 Å². The third-order valence-corrected chi connectivity index (χ3v) is 9.50. The fourth-order valence-corrected chi connectivity index (χ4v) is 6.73. The SMILES string of the molecule is Nc1ccc2cc(S(=O)(=O)O)cc(S(=O)(=O)O)c2c1.O=C=Nc1ccc2cc(S(=O)(=O)Cl)cc(S(=O)(=O)Cl)c2c1. The van der Waals surface area contributed by atoms with Crippen LogP contribution >= 0.6 is 21.4 Å². The largest absolute Gasteiger partial charge is 0.399 e. The van der Waals surface area contributed by atoms with Crippen LogP contribution in [-0.2, 0) is 43.1 Å². The van der Waals surface area contributed by atoms with Crippen LogP contribution in [-0.4, -0.2) is 48.9 Å². The summed E-state index contributed by atoms with van der Waals surface area (Å²) in [5.74, 6) is 0. The van der Waals surface area contributed by atoms with Crippen molar-refractivity contribution in [2.45, 2.75) is 19.6 Å². The summed E-state index contributed by atoms with van der Waals surface area (Å²) in [4.78, 5) is 11.5. The van der Waals surface area contributed by atoms with Gasteiger partial charge in [-0.3, -0.25) is 9.11 Å². The van der Waals surface area contributed by atoms with Crippen LogP contribution in [0.4, 0.5) is 11.4 Å². The van der Waals surface area contributed by atoms with Crippen molar-refractivity contribution in [2.24, 2.45) is 4.99 Å². The highest BCUT2D eigenvalue weighted by Gasteiger charge is 2.22. The number of halogens is 2. The second-order valence-corrected chi connectivity index (χ2v) is 15.7. The van der Waals surface area contributed by atoms with Crippen LogP contribution in [0, 0.1) is 0 Å². The topological polar surface area (TPSA) is 232 Å². The molecule has 0 saturated heterocycles. The molecule has 0 saturated carbocycles. The van der Waals surface area contributed by atoms with E-state index in [9.17, 15) is 38.5 Å². The van der Waals surface area contributed by atoms with E-state index in [0.29, 0.717) is 6.07 Å². The van der Waals surface area contributed by atoms with Gasteiger partial charge in [0.2, 0.25) is 6.08 Å². The van der Waals surface area contributed by atoms with Gasteiger partial charge in [-0.15, -0.1) is 0 Å². The molecular formula is C21H14Cl2N2O11S4. The molecule has 4 N–H and O–H groups in total. The van der Waals surface area contributed by atoms with Crippen molar-refractivity contribution in [3.8, 4) is 0 Å². The Labute approximate surface area is 236 Å². The minimum atomic E-state index is -4.66. The van der Waals surface area contributed by atoms with E-state index in [1.54, 1.807) is 0 Å². The molecule has 0 amide bonds. The van der Waals surface area contributed by atoms with Gasteiger partial charge in [0.05, 0.1) is 20.4 Å². The van der Waals surface area contributed by atoms with Gasteiger partial charge in [0.15, 0.2) is 0 Å². The number of nitrogen functional groups attached to an aromatic ring is 1. The molecule has 0 bridgehead atoms. The summed E-state index contributed by atoms with van der Waals surface area (Å²) >= 11 is 0. The fourth-order valence-electron chi connectivity index (χ4n) is 3.43. The number of benzene rings is 4. The summed E-state index contributed by atoms with van der Waals surface area (Å²) in [6, 6.07) is 12.0. The minimum Gasteiger partial charge on any atom is -0.399 e. The molecule has 0 aliphatic heterocycles. The fraction of sp³-hybridized carbons (Fsp3) is 0. The quantitative estimate of drug-likeness (QED) is 0.0910. The van der Waals surface area contributed by atoms with Gasteiger partial charge in [-0.05, 0) is 59.3 Å². The molecule has 212 valence electrons. The lowest BCUT2D eigenvalue weighted by atomic mass is 10.1. The Morgan fingerprint density at radius 2 is 1.18 bits per heavy atom. The van der Waals surface area contributed by atoms with Gasteiger partial charge in [0, 0.05) is 37.8 Å². The van der Waals surface area contributed by atoms with E-state index in [1.807, 2.05) is 0 Å². The third kappa shape index (κ3) is 7.34. The van der Waals surface area contributed by atoms with Crippen LogP contribution in [0.25, 0.3) is 21.5 Å². The van der Waals surface area contributed by atoms with Crippen LogP contribution in [0.3, 0.4) is 0 Å². The molecular weight excluding hydrogens is 655 g/mol. The minimum absolute atomic E-state index is 0.0647. The zero-order chi connectivity index (χ0) is 30.3.